The van der Waals surface area contributed by atoms with Gasteiger partial charge in [-0.2, -0.15) is 0 Å². The van der Waals surface area contributed by atoms with E-state index in [9.17, 15) is 43.2 Å². The molecular weight excluding hydrogens is 1140 g/mol. The van der Waals surface area contributed by atoms with Gasteiger partial charge in [0.2, 0.25) is 0 Å². The summed E-state index contributed by atoms with van der Waals surface area (Å²) in [5.41, 5.74) is 0. The molecule has 0 saturated heterocycles. The fourth-order valence-corrected chi connectivity index (χ4v) is 11.7. The van der Waals surface area contributed by atoms with Crippen LogP contribution in [-0.2, 0) is 65.4 Å². The number of hydrogen-bond donors (Lipinski definition) is 3. The Morgan fingerprint density at radius 3 is 0.826 bits per heavy atom. The Kier molecular flexibility index (Phi) is 59.2. The molecule has 6 atom stereocenters. The Morgan fingerprint density at radius 2 is 0.558 bits per heavy atom. The first-order valence-electron chi connectivity index (χ1n) is 35.2. The number of hydrogen-bond acceptors (Lipinski definition) is 15. The van der Waals surface area contributed by atoms with Crippen LogP contribution in [0, 0.1) is 5.92 Å². The molecule has 0 radical (unpaired) electrons. The van der Waals surface area contributed by atoms with E-state index in [2.05, 4.69) is 34.6 Å². The first kappa shape index (κ1) is 84.1. The molecule has 0 fully saturated rings. The number of carbonyl (C=O) groups is 4. The molecule has 0 rings (SSSR count). The van der Waals surface area contributed by atoms with Crippen molar-refractivity contribution in [2.24, 2.45) is 5.92 Å². The molecule has 0 aromatic carbocycles. The summed E-state index contributed by atoms with van der Waals surface area (Å²) in [7, 11) is -9.89. The van der Waals surface area contributed by atoms with Crippen LogP contribution in [0.4, 0.5) is 0 Å². The van der Waals surface area contributed by atoms with E-state index in [1.807, 2.05) is 0 Å². The fourth-order valence-electron chi connectivity index (χ4n) is 10.1. The Hall–Kier alpha value is -1.94. The molecular formula is C67H130O17P2. The second-order valence-corrected chi connectivity index (χ2v) is 27.4. The van der Waals surface area contributed by atoms with Crippen molar-refractivity contribution in [1.29, 1.82) is 0 Å². The van der Waals surface area contributed by atoms with Gasteiger partial charge in [0, 0.05) is 25.7 Å². The van der Waals surface area contributed by atoms with E-state index in [-0.39, 0.29) is 25.7 Å². The molecule has 0 aliphatic carbocycles. The predicted octanol–water partition coefficient (Wildman–Crippen LogP) is 19.0. The number of esters is 4. The van der Waals surface area contributed by atoms with Gasteiger partial charge in [-0.3, -0.25) is 37.3 Å². The number of phosphoric acid groups is 2. The standard InChI is InChI=1S/C67H130O17P2/c1-6-10-13-16-19-22-25-26-27-30-33-36-43-48-53-67(72)83-62(56-77-64(69)50-45-40-34-31-28-23-20-17-14-11-7-2)58-81-85(73,74)79-54-61(68)55-80-86(75,76)82-59-63(57-78-65(70)51-46-41-38-37-39-44-49-60(5)9-4)84-66(71)52-47-42-35-32-29-24-21-18-15-12-8-3/h60-63,68H,6-59H2,1-5H3,(H,73,74)(H,75,76)/t60?,61-,62-,63-/m1/s1. The van der Waals surface area contributed by atoms with E-state index in [1.165, 1.54) is 161 Å². The van der Waals surface area contributed by atoms with Gasteiger partial charge in [0.05, 0.1) is 26.4 Å². The number of aliphatic hydroxyl groups is 1. The molecule has 0 amide bonds. The zero-order valence-corrected chi connectivity index (χ0v) is 57.2. The lowest BCUT2D eigenvalue weighted by Gasteiger charge is -2.21. The predicted molar refractivity (Wildman–Crippen MR) is 345 cm³/mol. The molecule has 0 spiro atoms. The van der Waals surface area contributed by atoms with Crippen molar-refractivity contribution < 1.29 is 80.2 Å². The minimum atomic E-state index is -4.95. The third-order valence-corrected chi connectivity index (χ3v) is 17.8. The molecule has 0 aliphatic heterocycles. The highest BCUT2D eigenvalue weighted by Crippen LogP contribution is 2.45. The maximum Gasteiger partial charge on any atom is 0.472 e. The third-order valence-electron chi connectivity index (χ3n) is 15.9. The van der Waals surface area contributed by atoms with Crippen LogP contribution >= 0.6 is 15.6 Å². The summed E-state index contributed by atoms with van der Waals surface area (Å²) in [6.07, 6.45) is 45.7. The number of ether oxygens (including phenoxy) is 4. The van der Waals surface area contributed by atoms with Crippen molar-refractivity contribution in [2.75, 3.05) is 39.6 Å². The van der Waals surface area contributed by atoms with Gasteiger partial charge in [-0.25, -0.2) is 9.13 Å². The second-order valence-electron chi connectivity index (χ2n) is 24.5. The summed E-state index contributed by atoms with van der Waals surface area (Å²) in [6, 6.07) is 0. The van der Waals surface area contributed by atoms with Crippen LogP contribution in [0.25, 0.3) is 0 Å². The van der Waals surface area contributed by atoms with Gasteiger partial charge in [-0.05, 0) is 31.6 Å². The smallest absolute Gasteiger partial charge is 0.462 e. The van der Waals surface area contributed by atoms with Gasteiger partial charge in [-0.15, -0.1) is 0 Å². The normalized spacial score (nSPS) is 14.5. The molecule has 0 aromatic heterocycles. The lowest BCUT2D eigenvalue weighted by molar-refractivity contribution is -0.161. The summed E-state index contributed by atoms with van der Waals surface area (Å²) in [4.78, 5) is 72.4. The van der Waals surface area contributed by atoms with Crippen molar-refractivity contribution in [2.45, 2.75) is 361 Å². The summed E-state index contributed by atoms with van der Waals surface area (Å²) in [6.45, 7) is 7.18. The van der Waals surface area contributed by atoms with Crippen LogP contribution in [0.2, 0.25) is 0 Å². The molecule has 0 aliphatic rings. The highest BCUT2D eigenvalue weighted by atomic mass is 31.2. The van der Waals surface area contributed by atoms with E-state index in [1.54, 1.807) is 0 Å². The molecule has 0 heterocycles. The van der Waals surface area contributed by atoms with Gasteiger partial charge < -0.3 is 33.8 Å². The average molecular weight is 1270 g/mol. The largest absolute Gasteiger partial charge is 0.472 e. The summed E-state index contributed by atoms with van der Waals surface area (Å²) in [5.74, 6) is -1.39. The molecule has 0 saturated carbocycles. The zero-order valence-electron chi connectivity index (χ0n) is 55.4. The van der Waals surface area contributed by atoms with Crippen LogP contribution in [0.15, 0.2) is 0 Å². The van der Waals surface area contributed by atoms with Crippen molar-refractivity contribution in [3.63, 3.8) is 0 Å². The molecule has 19 heteroatoms. The van der Waals surface area contributed by atoms with E-state index in [0.29, 0.717) is 25.7 Å². The van der Waals surface area contributed by atoms with E-state index >= 15 is 0 Å². The van der Waals surface area contributed by atoms with Crippen LogP contribution in [-0.4, -0.2) is 96.7 Å². The third kappa shape index (κ3) is 59.7. The zero-order chi connectivity index (χ0) is 63.5. The van der Waals surface area contributed by atoms with Crippen molar-refractivity contribution in [1.82, 2.24) is 0 Å². The Morgan fingerprint density at radius 1 is 0.326 bits per heavy atom. The number of aliphatic hydroxyl groups excluding tert-OH is 1. The maximum absolute atomic E-state index is 13.0. The number of phosphoric ester groups is 2. The SMILES string of the molecule is CCCCCCCCCCCCCCCCC(=O)O[C@H](COC(=O)CCCCCCCCCCCCC)COP(=O)(O)OC[C@@H](O)COP(=O)(O)OC[C@@H](COC(=O)CCCCCCCCC(C)CC)OC(=O)CCCCCCCCCCCCC. The van der Waals surface area contributed by atoms with Crippen LogP contribution in [0.5, 0.6) is 0 Å². The average Bonchev–Trinajstić information content (AvgIpc) is 3.54. The maximum atomic E-state index is 13.0. The highest BCUT2D eigenvalue weighted by molar-refractivity contribution is 7.47. The van der Waals surface area contributed by atoms with Crippen molar-refractivity contribution in [3.8, 4) is 0 Å². The molecule has 0 aromatic rings. The molecule has 0 bridgehead atoms. The highest BCUT2D eigenvalue weighted by Gasteiger charge is 2.30. The van der Waals surface area contributed by atoms with Gasteiger partial charge in [-0.1, -0.05) is 291 Å². The summed E-state index contributed by atoms with van der Waals surface area (Å²) in [5, 5.41) is 10.6. The van der Waals surface area contributed by atoms with Gasteiger partial charge in [0.1, 0.15) is 19.3 Å². The van der Waals surface area contributed by atoms with Gasteiger partial charge in [0.15, 0.2) is 12.2 Å². The number of unbranched alkanes of at least 4 members (excludes halogenated alkanes) is 38. The van der Waals surface area contributed by atoms with E-state index in [4.69, 9.17) is 37.0 Å². The van der Waals surface area contributed by atoms with Crippen LogP contribution < -0.4 is 0 Å². The molecule has 3 N–H and O–H groups in total. The quantitative estimate of drug-likeness (QED) is 0.0222. The lowest BCUT2D eigenvalue weighted by atomic mass is 10.00. The molecule has 510 valence electrons. The summed E-state index contributed by atoms with van der Waals surface area (Å²) >= 11 is 0. The van der Waals surface area contributed by atoms with Crippen molar-refractivity contribution in [3.05, 3.63) is 0 Å². The van der Waals surface area contributed by atoms with Gasteiger partial charge in [0.25, 0.3) is 0 Å². The Labute approximate surface area is 524 Å². The number of rotatable bonds is 67. The van der Waals surface area contributed by atoms with E-state index < -0.39 is 97.5 Å². The molecule has 17 nitrogen and oxygen atoms in total. The fraction of sp³-hybridized carbons (Fsp3) is 0.940. The minimum Gasteiger partial charge on any atom is -0.462 e. The Bertz CT molecular complexity index is 1670. The number of carbonyl (C=O) groups excluding carboxylic acids is 4. The first-order chi connectivity index (χ1) is 41.6. The van der Waals surface area contributed by atoms with Crippen molar-refractivity contribution >= 4 is 39.5 Å². The molecule has 86 heavy (non-hydrogen) atoms. The Balaban J connectivity index is 5.25. The minimum absolute atomic E-state index is 0.106. The molecule has 3 unspecified atom stereocenters. The topological polar surface area (TPSA) is 237 Å². The second kappa shape index (κ2) is 60.6. The van der Waals surface area contributed by atoms with Crippen LogP contribution in [0.1, 0.15) is 343 Å². The monoisotopic (exact) mass is 1270 g/mol. The lowest BCUT2D eigenvalue weighted by Crippen LogP contribution is -2.30. The van der Waals surface area contributed by atoms with Gasteiger partial charge >= 0.3 is 39.5 Å². The van der Waals surface area contributed by atoms with Crippen LogP contribution in [0.3, 0.4) is 0 Å². The first-order valence-corrected chi connectivity index (χ1v) is 38.2. The summed E-state index contributed by atoms with van der Waals surface area (Å²) < 4.78 is 68.1. The van der Waals surface area contributed by atoms with E-state index in [0.717, 1.165) is 102 Å².